The molecule has 1 N–H and O–H groups in total. The number of nitrogens with zero attached hydrogens (tertiary/aromatic N) is 1. The molecule has 2 atom stereocenters. The van der Waals surface area contributed by atoms with Crippen LogP contribution in [0.1, 0.15) is 45.1 Å². The van der Waals surface area contributed by atoms with Crippen molar-refractivity contribution >= 4 is 11.6 Å². The number of hydrogen-bond acceptors (Lipinski definition) is 4. The highest BCUT2D eigenvalue weighted by atomic mass is 16.5. The van der Waals surface area contributed by atoms with Crippen LogP contribution in [-0.4, -0.2) is 30.2 Å². The zero-order valence-corrected chi connectivity index (χ0v) is 13.9. The van der Waals surface area contributed by atoms with E-state index in [1.165, 1.54) is 0 Å². The number of pyridine rings is 1. The average molecular weight is 306 g/mol. The van der Waals surface area contributed by atoms with Crippen LogP contribution in [-0.2, 0) is 9.53 Å². The van der Waals surface area contributed by atoms with Gasteiger partial charge in [-0.25, -0.2) is 4.98 Å². The van der Waals surface area contributed by atoms with E-state index in [2.05, 4.69) is 17.2 Å². The number of amides is 1. The van der Waals surface area contributed by atoms with Gasteiger partial charge in [-0.3, -0.25) is 4.79 Å². The summed E-state index contributed by atoms with van der Waals surface area (Å²) in [5, 5.41) is 2.97. The molecule has 1 aromatic rings. The summed E-state index contributed by atoms with van der Waals surface area (Å²) in [6.07, 6.45) is 5.35. The van der Waals surface area contributed by atoms with Crippen molar-refractivity contribution in [1.82, 2.24) is 4.98 Å². The molecule has 1 aromatic heterocycles. The van der Waals surface area contributed by atoms with Crippen LogP contribution in [0, 0.1) is 12.8 Å². The second-order valence-electron chi connectivity index (χ2n) is 6.13. The fraction of sp³-hybridized carbons (Fsp3) is 0.647. The van der Waals surface area contributed by atoms with Gasteiger partial charge in [-0.2, -0.15) is 0 Å². The predicted octanol–water partition coefficient (Wildman–Crippen LogP) is 3.32. The van der Waals surface area contributed by atoms with Crippen LogP contribution in [0.15, 0.2) is 12.3 Å². The number of aromatic nitrogens is 1. The fourth-order valence-corrected chi connectivity index (χ4v) is 3.27. The number of hydrogen-bond donors (Lipinski definition) is 1. The van der Waals surface area contributed by atoms with Gasteiger partial charge in [0, 0.05) is 12.2 Å². The lowest BCUT2D eigenvalue weighted by Crippen LogP contribution is -2.48. The molecule has 0 aliphatic heterocycles. The molecule has 1 aliphatic rings. The molecule has 0 radical (unpaired) electrons. The summed E-state index contributed by atoms with van der Waals surface area (Å²) < 4.78 is 11.0. The molecule has 1 saturated carbocycles. The number of carbonyl (C=O) groups is 1. The molecule has 1 aliphatic carbocycles. The van der Waals surface area contributed by atoms with Gasteiger partial charge in [-0.05, 0) is 45.1 Å². The number of carbonyl (C=O) groups excluding carboxylic acids is 1. The smallest absolute Gasteiger partial charge is 0.256 e. The topological polar surface area (TPSA) is 60.5 Å². The van der Waals surface area contributed by atoms with E-state index in [9.17, 15) is 4.79 Å². The van der Waals surface area contributed by atoms with Crippen LogP contribution in [0.4, 0.5) is 5.69 Å². The highest BCUT2D eigenvalue weighted by Crippen LogP contribution is 2.36. The van der Waals surface area contributed by atoms with Crippen molar-refractivity contribution in [2.45, 2.75) is 52.1 Å². The summed E-state index contributed by atoms with van der Waals surface area (Å²) in [7, 11) is 1.58. The molecular formula is C17H26N2O3. The quantitative estimate of drug-likeness (QED) is 0.906. The first-order chi connectivity index (χ1) is 10.5. The first kappa shape index (κ1) is 16.7. The largest absolute Gasteiger partial charge is 0.481 e. The van der Waals surface area contributed by atoms with Crippen LogP contribution >= 0.6 is 0 Å². The molecule has 0 unspecified atom stereocenters. The van der Waals surface area contributed by atoms with Crippen molar-refractivity contribution < 1.29 is 14.3 Å². The Hall–Kier alpha value is -1.62. The minimum Gasteiger partial charge on any atom is -0.481 e. The zero-order chi connectivity index (χ0) is 16.2. The van der Waals surface area contributed by atoms with Crippen LogP contribution in [0.3, 0.4) is 0 Å². The highest BCUT2D eigenvalue weighted by molar-refractivity contribution is 5.97. The minimum atomic E-state index is -0.708. The Kier molecular flexibility index (Phi) is 5.40. The van der Waals surface area contributed by atoms with E-state index < -0.39 is 5.60 Å². The van der Waals surface area contributed by atoms with E-state index in [4.69, 9.17) is 9.47 Å². The minimum absolute atomic E-state index is 0.0627. The monoisotopic (exact) mass is 306 g/mol. The van der Waals surface area contributed by atoms with Crippen LogP contribution in [0.2, 0.25) is 0 Å². The lowest BCUT2D eigenvalue weighted by Gasteiger charge is -2.38. The van der Waals surface area contributed by atoms with E-state index in [0.717, 1.165) is 31.2 Å². The standard InChI is InChI=1S/C17H26N2O3/c1-5-22-17(8-6-7-12(2)10-17)16(20)19-14-9-13(3)15(21-4)18-11-14/h9,11-12H,5-8,10H2,1-4H3,(H,19,20)/t12-,17-/m1/s1. The third-order valence-electron chi connectivity index (χ3n) is 4.27. The lowest BCUT2D eigenvalue weighted by atomic mass is 9.78. The number of aryl methyl sites for hydroxylation is 1. The van der Waals surface area contributed by atoms with Crippen molar-refractivity contribution in [3.8, 4) is 5.88 Å². The number of ether oxygens (including phenoxy) is 2. The summed E-state index contributed by atoms with van der Waals surface area (Å²) in [4.78, 5) is 17.0. The SMILES string of the molecule is CCO[C@]1(C(=O)Nc2cnc(OC)c(C)c2)CCC[C@@H](C)C1. The van der Waals surface area contributed by atoms with E-state index in [1.54, 1.807) is 13.3 Å². The Morgan fingerprint density at radius 2 is 2.32 bits per heavy atom. The van der Waals surface area contributed by atoms with Gasteiger partial charge < -0.3 is 14.8 Å². The van der Waals surface area contributed by atoms with Gasteiger partial charge in [0.15, 0.2) is 0 Å². The van der Waals surface area contributed by atoms with E-state index in [0.29, 0.717) is 24.1 Å². The number of anilines is 1. The van der Waals surface area contributed by atoms with Crippen molar-refractivity contribution in [2.24, 2.45) is 5.92 Å². The summed E-state index contributed by atoms with van der Waals surface area (Å²) in [5.41, 5.74) is 0.864. The van der Waals surface area contributed by atoms with Gasteiger partial charge in [0.25, 0.3) is 5.91 Å². The van der Waals surface area contributed by atoms with Crippen molar-refractivity contribution in [1.29, 1.82) is 0 Å². The molecule has 22 heavy (non-hydrogen) atoms. The van der Waals surface area contributed by atoms with Gasteiger partial charge in [0.1, 0.15) is 5.60 Å². The zero-order valence-electron chi connectivity index (χ0n) is 13.9. The third-order valence-corrected chi connectivity index (χ3v) is 4.27. The number of nitrogens with one attached hydrogen (secondary N) is 1. The Labute approximate surface area is 132 Å². The molecule has 0 saturated heterocycles. The first-order valence-corrected chi connectivity index (χ1v) is 7.97. The second kappa shape index (κ2) is 7.09. The Balaban J connectivity index is 2.16. The molecule has 0 bridgehead atoms. The van der Waals surface area contributed by atoms with E-state index in [-0.39, 0.29) is 5.91 Å². The second-order valence-corrected chi connectivity index (χ2v) is 6.13. The molecular weight excluding hydrogens is 280 g/mol. The van der Waals surface area contributed by atoms with Gasteiger partial charge in [0.2, 0.25) is 5.88 Å². The summed E-state index contributed by atoms with van der Waals surface area (Å²) in [5.74, 6) is 1.01. The maximum Gasteiger partial charge on any atom is 0.256 e. The average Bonchev–Trinajstić information content (AvgIpc) is 2.47. The first-order valence-electron chi connectivity index (χ1n) is 7.97. The summed E-state index contributed by atoms with van der Waals surface area (Å²) in [6, 6.07) is 1.87. The third kappa shape index (κ3) is 3.58. The van der Waals surface area contributed by atoms with Crippen LogP contribution in [0.25, 0.3) is 0 Å². The van der Waals surface area contributed by atoms with Gasteiger partial charge >= 0.3 is 0 Å². The van der Waals surface area contributed by atoms with Crippen molar-refractivity contribution in [3.05, 3.63) is 17.8 Å². The van der Waals surface area contributed by atoms with Crippen molar-refractivity contribution in [2.75, 3.05) is 19.0 Å². The molecule has 0 spiro atoms. The fourth-order valence-electron chi connectivity index (χ4n) is 3.27. The molecule has 5 nitrogen and oxygen atoms in total. The highest BCUT2D eigenvalue weighted by Gasteiger charge is 2.42. The Bertz CT molecular complexity index is 529. The lowest BCUT2D eigenvalue weighted by molar-refractivity contribution is -0.147. The molecule has 5 heteroatoms. The maximum absolute atomic E-state index is 12.8. The molecule has 2 rings (SSSR count). The summed E-state index contributed by atoms with van der Waals surface area (Å²) >= 11 is 0. The van der Waals surface area contributed by atoms with Gasteiger partial charge in [0.05, 0.1) is 19.0 Å². The van der Waals surface area contributed by atoms with Gasteiger partial charge in [-0.15, -0.1) is 0 Å². The van der Waals surface area contributed by atoms with Crippen LogP contribution < -0.4 is 10.1 Å². The van der Waals surface area contributed by atoms with E-state index >= 15 is 0 Å². The predicted molar refractivity (Wildman–Crippen MR) is 86.1 cm³/mol. The number of rotatable bonds is 5. The number of methoxy groups -OCH3 is 1. The summed E-state index contributed by atoms with van der Waals surface area (Å²) in [6.45, 7) is 6.56. The molecule has 1 amide bonds. The van der Waals surface area contributed by atoms with Crippen LogP contribution in [0.5, 0.6) is 5.88 Å². The van der Waals surface area contributed by atoms with Crippen molar-refractivity contribution in [3.63, 3.8) is 0 Å². The van der Waals surface area contributed by atoms with Gasteiger partial charge in [-0.1, -0.05) is 13.3 Å². The molecule has 1 heterocycles. The maximum atomic E-state index is 12.8. The Morgan fingerprint density at radius 1 is 1.55 bits per heavy atom. The molecule has 122 valence electrons. The molecule has 1 fully saturated rings. The Morgan fingerprint density at radius 3 is 2.91 bits per heavy atom. The normalized spacial score (nSPS) is 24.8. The molecule has 0 aromatic carbocycles. The van der Waals surface area contributed by atoms with E-state index in [1.807, 2.05) is 19.9 Å².